The summed E-state index contributed by atoms with van der Waals surface area (Å²) in [5.41, 5.74) is 3.42. The summed E-state index contributed by atoms with van der Waals surface area (Å²) in [6, 6.07) is 25.0. The fourth-order valence-electron chi connectivity index (χ4n) is 4.87. The highest BCUT2D eigenvalue weighted by atomic mass is 32.1. The Kier molecular flexibility index (Phi) is 4.97. The molecule has 0 bridgehead atoms. The molecule has 3 heterocycles. The van der Waals surface area contributed by atoms with Gasteiger partial charge in [-0.25, -0.2) is 9.66 Å². The molecule has 0 fully saturated rings. The second-order valence-corrected chi connectivity index (χ2v) is 9.73. The molecule has 3 aromatic carbocycles. The summed E-state index contributed by atoms with van der Waals surface area (Å²) >= 11 is 1.64. The van der Waals surface area contributed by atoms with Crippen LogP contribution in [-0.2, 0) is 25.9 Å². The molecule has 0 saturated heterocycles. The summed E-state index contributed by atoms with van der Waals surface area (Å²) in [4.78, 5) is 22.7. The maximum atomic E-state index is 13.3. The van der Waals surface area contributed by atoms with Crippen LogP contribution >= 0.6 is 11.3 Å². The number of nitrogen functional groups attached to an aromatic ring is 1. The number of hydrogen-bond acceptors (Lipinski definition) is 5. The molecule has 164 valence electrons. The maximum absolute atomic E-state index is 13.3. The van der Waals surface area contributed by atoms with Gasteiger partial charge < -0.3 is 5.84 Å². The van der Waals surface area contributed by atoms with Crippen LogP contribution in [0.4, 0.5) is 0 Å². The average Bonchev–Trinajstić information content (AvgIpc) is 3.21. The molecule has 0 radical (unpaired) electrons. The second kappa shape index (κ2) is 8.14. The van der Waals surface area contributed by atoms with Crippen LogP contribution in [0.3, 0.4) is 0 Å². The quantitative estimate of drug-likeness (QED) is 0.409. The number of thiophene rings is 1. The molecule has 0 aliphatic carbocycles. The van der Waals surface area contributed by atoms with Crippen LogP contribution in [0.5, 0.6) is 0 Å². The Morgan fingerprint density at radius 3 is 2.64 bits per heavy atom. The van der Waals surface area contributed by atoms with Crippen molar-refractivity contribution >= 4 is 32.3 Å². The van der Waals surface area contributed by atoms with E-state index in [-0.39, 0.29) is 5.56 Å². The zero-order valence-electron chi connectivity index (χ0n) is 18.2. The van der Waals surface area contributed by atoms with Crippen LogP contribution in [0.25, 0.3) is 21.0 Å². The number of aromatic nitrogens is 2. The molecule has 6 heteroatoms. The highest BCUT2D eigenvalue weighted by Gasteiger charge is 2.25. The van der Waals surface area contributed by atoms with Gasteiger partial charge in [-0.05, 0) is 33.9 Å². The van der Waals surface area contributed by atoms with E-state index in [2.05, 4.69) is 53.4 Å². The van der Waals surface area contributed by atoms with Gasteiger partial charge in [0.15, 0.2) is 0 Å². The molecule has 0 atom stereocenters. The van der Waals surface area contributed by atoms with Gasteiger partial charge in [0, 0.05) is 30.9 Å². The first-order valence-corrected chi connectivity index (χ1v) is 12.0. The zero-order valence-corrected chi connectivity index (χ0v) is 19.0. The fourth-order valence-corrected chi connectivity index (χ4v) is 6.14. The van der Waals surface area contributed by atoms with Gasteiger partial charge in [-0.15, -0.1) is 11.3 Å². The SMILES string of the molecule is Nn1c(Cc2cccc3ccccc23)nc2sc3c(c2c1=O)CCN(Cc1ccccc1)C3. The normalized spacial score (nSPS) is 14.1. The first kappa shape index (κ1) is 20.1. The zero-order chi connectivity index (χ0) is 22.4. The predicted molar refractivity (Wildman–Crippen MR) is 135 cm³/mol. The van der Waals surface area contributed by atoms with Crippen LogP contribution < -0.4 is 11.4 Å². The Labute approximate surface area is 195 Å². The third kappa shape index (κ3) is 3.61. The van der Waals surface area contributed by atoms with Crippen LogP contribution in [0.15, 0.2) is 77.6 Å². The van der Waals surface area contributed by atoms with Crippen molar-refractivity contribution in [1.82, 2.24) is 14.6 Å². The Morgan fingerprint density at radius 1 is 0.970 bits per heavy atom. The van der Waals surface area contributed by atoms with E-state index in [1.54, 1.807) is 11.3 Å². The molecule has 5 aromatic rings. The molecule has 0 amide bonds. The summed E-state index contributed by atoms with van der Waals surface area (Å²) < 4.78 is 1.26. The van der Waals surface area contributed by atoms with Crippen molar-refractivity contribution in [3.63, 3.8) is 0 Å². The number of rotatable bonds is 4. The van der Waals surface area contributed by atoms with E-state index in [0.717, 1.165) is 47.4 Å². The summed E-state index contributed by atoms with van der Waals surface area (Å²) in [5.74, 6) is 6.90. The van der Waals surface area contributed by atoms with E-state index >= 15 is 0 Å². The van der Waals surface area contributed by atoms with E-state index in [1.165, 1.54) is 20.5 Å². The molecule has 1 aliphatic rings. The van der Waals surface area contributed by atoms with Crippen molar-refractivity contribution in [3.8, 4) is 0 Å². The van der Waals surface area contributed by atoms with Crippen molar-refractivity contribution in [1.29, 1.82) is 0 Å². The molecule has 0 unspecified atom stereocenters. The van der Waals surface area contributed by atoms with Gasteiger partial charge in [-0.2, -0.15) is 0 Å². The van der Waals surface area contributed by atoms with Crippen molar-refractivity contribution in [2.45, 2.75) is 25.9 Å². The minimum atomic E-state index is -0.135. The van der Waals surface area contributed by atoms with E-state index in [9.17, 15) is 4.79 Å². The Morgan fingerprint density at radius 2 is 1.76 bits per heavy atom. The molecular formula is C27H24N4OS. The Hall–Kier alpha value is -3.48. The summed E-state index contributed by atoms with van der Waals surface area (Å²) in [6.45, 7) is 2.68. The molecule has 2 aromatic heterocycles. The number of benzene rings is 3. The first-order chi connectivity index (χ1) is 16.2. The molecule has 2 N–H and O–H groups in total. The van der Waals surface area contributed by atoms with Gasteiger partial charge in [0.25, 0.3) is 5.56 Å². The Balaban J connectivity index is 1.36. The van der Waals surface area contributed by atoms with E-state index in [0.29, 0.717) is 17.6 Å². The van der Waals surface area contributed by atoms with Gasteiger partial charge in [-0.1, -0.05) is 72.8 Å². The minimum absolute atomic E-state index is 0.135. The standard InChI is InChI=1S/C27H24N4OS/c28-31-24(15-20-11-6-10-19-9-4-5-12-21(19)20)29-26-25(27(31)32)22-13-14-30(17-23(22)33-26)16-18-7-2-1-3-8-18/h1-12H,13-17,28H2. The monoisotopic (exact) mass is 452 g/mol. The van der Waals surface area contributed by atoms with E-state index in [4.69, 9.17) is 10.8 Å². The van der Waals surface area contributed by atoms with Crippen LogP contribution in [-0.4, -0.2) is 21.1 Å². The molecule has 33 heavy (non-hydrogen) atoms. The van der Waals surface area contributed by atoms with Gasteiger partial charge in [0.05, 0.1) is 5.39 Å². The summed E-state index contributed by atoms with van der Waals surface area (Å²) in [6.07, 6.45) is 1.37. The second-order valence-electron chi connectivity index (χ2n) is 8.65. The minimum Gasteiger partial charge on any atom is -0.335 e. The molecule has 5 nitrogen and oxygen atoms in total. The third-order valence-corrected chi connectivity index (χ3v) is 7.65. The molecule has 0 spiro atoms. The van der Waals surface area contributed by atoms with E-state index in [1.807, 2.05) is 24.3 Å². The van der Waals surface area contributed by atoms with Crippen LogP contribution in [0.2, 0.25) is 0 Å². The summed E-state index contributed by atoms with van der Waals surface area (Å²) in [5, 5.41) is 3.04. The number of nitrogens with zero attached hydrogens (tertiary/aromatic N) is 3. The highest BCUT2D eigenvalue weighted by molar-refractivity contribution is 7.18. The first-order valence-electron chi connectivity index (χ1n) is 11.2. The fraction of sp³-hybridized carbons (Fsp3) is 0.185. The third-order valence-electron chi connectivity index (χ3n) is 6.54. The molecule has 0 saturated carbocycles. The van der Waals surface area contributed by atoms with Crippen molar-refractivity contribution < 1.29 is 0 Å². The lowest BCUT2D eigenvalue weighted by Crippen LogP contribution is -2.33. The molecular weight excluding hydrogens is 428 g/mol. The van der Waals surface area contributed by atoms with Crippen molar-refractivity contribution in [3.05, 3.63) is 111 Å². The maximum Gasteiger partial charge on any atom is 0.280 e. The summed E-state index contributed by atoms with van der Waals surface area (Å²) in [7, 11) is 0. The van der Waals surface area contributed by atoms with Crippen LogP contribution in [0.1, 0.15) is 27.4 Å². The van der Waals surface area contributed by atoms with Crippen molar-refractivity contribution in [2.75, 3.05) is 12.4 Å². The van der Waals surface area contributed by atoms with Gasteiger partial charge >= 0.3 is 0 Å². The van der Waals surface area contributed by atoms with Gasteiger partial charge in [0.1, 0.15) is 10.7 Å². The lowest BCUT2D eigenvalue weighted by atomic mass is 10.0. The lowest BCUT2D eigenvalue weighted by Gasteiger charge is -2.26. The van der Waals surface area contributed by atoms with Gasteiger partial charge in [0.2, 0.25) is 0 Å². The van der Waals surface area contributed by atoms with Gasteiger partial charge in [-0.3, -0.25) is 9.69 Å². The largest absolute Gasteiger partial charge is 0.335 e. The van der Waals surface area contributed by atoms with E-state index < -0.39 is 0 Å². The van der Waals surface area contributed by atoms with Crippen LogP contribution in [0, 0.1) is 0 Å². The predicted octanol–water partition coefficient (Wildman–Crippen LogP) is 4.47. The highest BCUT2D eigenvalue weighted by Crippen LogP contribution is 2.33. The van der Waals surface area contributed by atoms with Crippen molar-refractivity contribution in [2.24, 2.45) is 0 Å². The lowest BCUT2D eigenvalue weighted by molar-refractivity contribution is 0.249. The number of fused-ring (bicyclic) bond motifs is 4. The number of hydrogen-bond donors (Lipinski definition) is 1. The number of nitrogens with two attached hydrogens (primary N) is 1. The molecule has 6 rings (SSSR count). The Bertz CT molecular complexity index is 1530. The average molecular weight is 453 g/mol. The topological polar surface area (TPSA) is 64.2 Å². The smallest absolute Gasteiger partial charge is 0.280 e. The molecule has 1 aliphatic heterocycles.